The molecule has 0 aliphatic heterocycles. The fraction of sp³-hybridized carbons (Fsp3) is 0.200. The molecular formula is C10H10O. The van der Waals surface area contributed by atoms with Crippen LogP contribution in [0, 0.1) is 0 Å². The van der Waals surface area contributed by atoms with Gasteiger partial charge in [0, 0.05) is 6.42 Å². The Kier molecular flexibility index (Phi) is 1.51. The van der Waals surface area contributed by atoms with Crippen molar-refractivity contribution < 1.29 is 5.11 Å². The average molecular weight is 146 g/mol. The fourth-order valence-electron chi connectivity index (χ4n) is 1.39. The maximum atomic E-state index is 9.27. The van der Waals surface area contributed by atoms with Crippen LogP contribution in [-0.2, 0) is 6.42 Å². The van der Waals surface area contributed by atoms with E-state index in [-0.39, 0.29) is 6.10 Å². The third-order valence-corrected chi connectivity index (χ3v) is 1.98. The summed E-state index contributed by atoms with van der Waals surface area (Å²) in [7, 11) is 0. The second kappa shape index (κ2) is 2.51. The quantitative estimate of drug-likeness (QED) is 0.589. The number of aliphatic hydroxyl groups is 1. The van der Waals surface area contributed by atoms with Gasteiger partial charge >= 0.3 is 0 Å². The molecule has 0 aromatic heterocycles. The van der Waals surface area contributed by atoms with Crippen molar-refractivity contribution in [1.29, 1.82) is 0 Å². The molecular weight excluding hydrogens is 136 g/mol. The zero-order valence-electron chi connectivity index (χ0n) is 6.20. The fourth-order valence-corrected chi connectivity index (χ4v) is 1.39. The van der Waals surface area contributed by atoms with Gasteiger partial charge in [0.25, 0.3) is 0 Å². The summed E-state index contributed by atoms with van der Waals surface area (Å²) in [6.07, 6.45) is 4.28. The van der Waals surface area contributed by atoms with Crippen molar-refractivity contribution in [2.75, 3.05) is 0 Å². The first-order valence-electron chi connectivity index (χ1n) is 3.80. The van der Waals surface area contributed by atoms with Crippen molar-refractivity contribution >= 4 is 6.08 Å². The van der Waals surface area contributed by atoms with Crippen LogP contribution in [0.3, 0.4) is 0 Å². The molecule has 56 valence electrons. The SMILES string of the molecule is O[C@@H]1C=Cc2ccccc2C1. The van der Waals surface area contributed by atoms with Gasteiger partial charge in [0.05, 0.1) is 6.10 Å². The molecule has 0 heterocycles. The van der Waals surface area contributed by atoms with Crippen molar-refractivity contribution in [3.63, 3.8) is 0 Å². The van der Waals surface area contributed by atoms with Gasteiger partial charge in [-0.3, -0.25) is 0 Å². The summed E-state index contributed by atoms with van der Waals surface area (Å²) >= 11 is 0. The Hall–Kier alpha value is -1.08. The van der Waals surface area contributed by atoms with E-state index in [2.05, 4.69) is 12.1 Å². The number of rotatable bonds is 0. The standard InChI is InChI=1S/C10H10O/c11-10-6-5-8-3-1-2-4-9(8)7-10/h1-6,10-11H,7H2/t10-/m1/s1. The van der Waals surface area contributed by atoms with Crippen molar-refractivity contribution in [2.45, 2.75) is 12.5 Å². The summed E-state index contributed by atoms with van der Waals surface area (Å²) < 4.78 is 0. The predicted molar refractivity (Wildman–Crippen MR) is 45.2 cm³/mol. The van der Waals surface area contributed by atoms with Crippen molar-refractivity contribution in [1.82, 2.24) is 0 Å². The largest absolute Gasteiger partial charge is 0.389 e. The molecule has 1 aliphatic rings. The Morgan fingerprint density at radius 1 is 1.27 bits per heavy atom. The highest BCUT2D eigenvalue weighted by Gasteiger charge is 2.08. The summed E-state index contributed by atoms with van der Waals surface area (Å²) in [6.45, 7) is 0. The monoisotopic (exact) mass is 146 g/mol. The molecule has 1 aliphatic carbocycles. The van der Waals surface area contributed by atoms with E-state index in [1.54, 1.807) is 0 Å². The van der Waals surface area contributed by atoms with E-state index in [9.17, 15) is 5.11 Å². The second-order valence-corrected chi connectivity index (χ2v) is 2.83. The van der Waals surface area contributed by atoms with E-state index in [0.29, 0.717) is 0 Å². The average Bonchev–Trinajstić information content (AvgIpc) is 2.04. The molecule has 1 atom stereocenters. The molecule has 0 fully saturated rings. The Morgan fingerprint density at radius 2 is 2.09 bits per heavy atom. The summed E-state index contributed by atoms with van der Waals surface area (Å²) in [4.78, 5) is 0. The minimum atomic E-state index is -0.287. The van der Waals surface area contributed by atoms with Gasteiger partial charge in [0.2, 0.25) is 0 Å². The van der Waals surface area contributed by atoms with Crippen molar-refractivity contribution in [2.24, 2.45) is 0 Å². The maximum absolute atomic E-state index is 9.27. The second-order valence-electron chi connectivity index (χ2n) is 2.83. The minimum Gasteiger partial charge on any atom is -0.389 e. The summed E-state index contributed by atoms with van der Waals surface area (Å²) in [5.74, 6) is 0. The molecule has 0 radical (unpaired) electrons. The van der Waals surface area contributed by atoms with Crippen LogP contribution in [-0.4, -0.2) is 11.2 Å². The Labute approximate surface area is 66.0 Å². The summed E-state index contributed by atoms with van der Waals surface area (Å²) in [5.41, 5.74) is 2.47. The third kappa shape index (κ3) is 1.19. The lowest BCUT2D eigenvalue weighted by Gasteiger charge is -2.13. The molecule has 1 N–H and O–H groups in total. The number of hydrogen-bond donors (Lipinski definition) is 1. The van der Waals surface area contributed by atoms with E-state index in [0.717, 1.165) is 6.42 Å². The smallest absolute Gasteiger partial charge is 0.0764 e. The lowest BCUT2D eigenvalue weighted by atomic mass is 9.96. The Bertz CT molecular complexity index is 289. The molecule has 0 amide bonds. The van der Waals surface area contributed by atoms with Crippen molar-refractivity contribution in [3.05, 3.63) is 41.5 Å². The highest BCUT2D eigenvalue weighted by molar-refractivity contribution is 5.56. The Morgan fingerprint density at radius 3 is 3.00 bits per heavy atom. The molecule has 2 rings (SSSR count). The first-order valence-corrected chi connectivity index (χ1v) is 3.80. The van der Waals surface area contributed by atoms with Gasteiger partial charge in [-0.05, 0) is 11.1 Å². The zero-order chi connectivity index (χ0) is 7.68. The normalized spacial score (nSPS) is 21.4. The highest BCUT2D eigenvalue weighted by atomic mass is 16.3. The lowest BCUT2D eigenvalue weighted by molar-refractivity contribution is 0.223. The minimum absolute atomic E-state index is 0.287. The van der Waals surface area contributed by atoms with Gasteiger partial charge in [0.1, 0.15) is 0 Å². The van der Waals surface area contributed by atoms with Crippen LogP contribution in [0.5, 0.6) is 0 Å². The number of benzene rings is 1. The van der Waals surface area contributed by atoms with Crippen LogP contribution >= 0.6 is 0 Å². The lowest BCUT2D eigenvalue weighted by Crippen LogP contribution is -2.10. The molecule has 0 unspecified atom stereocenters. The molecule has 1 nitrogen and oxygen atoms in total. The molecule has 0 saturated carbocycles. The first kappa shape index (κ1) is 6.62. The molecule has 0 spiro atoms. The first-order chi connectivity index (χ1) is 5.36. The Balaban J connectivity index is 2.46. The van der Waals surface area contributed by atoms with Crippen LogP contribution in [0.15, 0.2) is 30.3 Å². The molecule has 11 heavy (non-hydrogen) atoms. The highest BCUT2D eigenvalue weighted by Crippen LogP contribution is 2.18. The van der Waals surface area contributed by atoms with Gasteiger partial charge in [-0.25, -0.2) is 0 Å². The summed E-state index contributed by atoms with van der Waals surface area (Å²) in [6, 6.07) is 8.14. The van der Waals surface area contributed by atoms with Gasteiger partial charge in [-0.15, -0.1) is 0 Å². The van der Waals surface area contributed by atoms with Crippen LogP contribution < -0.4 is 0 Å². The van der Waals surface area contributed by atoms with Gasteiger partial charge in [-0.1, -0.05) is 36.4 Å². The van der Waals surface area contributed by atoms with E-state index in [1.807, 2.05) is 24.3 Å². The van der Waals surface area contributed by atoms with Crippen molar-refractivity contribution in [3.8, 4) is 0 Å². The van der Waals surface area contributed by atoms with E-state index in [4.69, 9.17) is 0 Å². The zero-order valence-corrected chi connectivity index (χ0v) is 6.20. The topological polar surface area (TPSA) is 20.2 Å². The van der Waals surface area contributed by atoms with E-state index >= 15 is 0 Å². The summed E-state index contributed by atoms with van der Waals surface area (Å²) in [5, 5.41) is 9.27. The number of aliphatic hydroxyl groups excluding tert-OH is 1. The van der Waals surface area contributed by atoms with Crippen LogP contribution in [0.2, 0.25) is 0 Å². The maximum Gasteiger partial charge on any atom is 0.0764 e. The van der Waals surface area contributed by atoms with Gasteiger partial charge < -0.3 is 5.11 Å². The molecule has 1 aromatic rings. The molecule has 1 heteroatoms. The van der Waals surface area contributed by atoms with Gasteiger partial charge in [0.15, 0.2) is 0 Å². The molecule has 1 aromatic carbocycles. The molecule has 0 bridgehead atoms. The van der Waals surface area contributed by atoms with Crippen LogP contribution in [0.25, 0.3) is 6.08 Å². The number of fused-ring (bicyclic) bond motifs is 1. The third-order valence-electron chi connectivity index (χ3n) is 1.98. The number of hydrogen-bond acceptors (Lipinski definition) is 1. The van der Waals surface area contributed by atoms with Crippen LogP contribution in [0.1, 0.15) is 11.1 Å². The van der Waals surface area contributed by atoms with Gasteiger partial charge in [-0.2, -0.15) is 0 Å². The van der Waals surface area contributed by atoms with Crippen LogP contribution in [0.4, 0.5) is 0 Å². The van der Waals surface area contributed by atoms with E-state index in [1.165, 1.54) is 11.1 Å². The molecule has 0 saturated heterocycles. The van der Waals surface area contributed by atoms with E-state index < -0.39 is 0 Å². The predicted octanol–water partition coefficient (Wildman–Crippen LogP) is 1.62.